The van der Waals surface area contributed by atoms with Crippen LogP contribution in [0.25, 0.3) is 33.1 Å². The molecular weight excluding hydrogens is 2230 g/mol. The maximum Gasteiger partial charge on any atom is 1.00 e. The standard InChI is InChI=1S/C22H32N4O5.C17H24N4O3.C17H4.C13H15ClN2O3.C9H18N2O2.CH2O3.ClH.2K.H14P12.H13P11.H/c1-22(2,3)31-21(28)25-10-8-24(9-11-25)15-19-23-17-7-6-16(20(27)30-5)14-18(17)26(19)12-13-29-4;1-23-10-9-21-15-11-13(17(22)24-2)3-4-14(15)19-16(21)12-20-7-5-18-6-8-20;1-3-5-7-9-11-13-15-17-16-14-12-10-8-6-4-2;1-18-6-5-16-11-7-9(13(17)19-2)3-4-10(11)15-12(16)8-14;1-9(2,3)13-8(12)11-6-4-10-5-7-11;2-1-4-3;;;;1-8(2)11(7)12(9(3)4)10(5)6;1-7-10(6)11(8(2)3)9(4)5;/h6-7,14H,8-13,15H2,1-5H3;3-4,11,18H,5-10,12H2,1-2H3;1H,2H3;3-4,7H,5-6,8H2,1-2H3;10H,4-7H2,1-3H3;1,3H;1H;;;1-7H2;7H,1-6H2;/q;;;;;;;2*+1;;;-1/p-1. The zero-order chi connectivity index (χ0) is 98.2. The van der Waals surface area contributed by atoms with E-state index in [1.165, 1.54) is 21.3 Å². The molecule has 0 spiro atoms. The van der Waals surface area contributed by atoms with Crippen molar-refractivity contribution in [3.8, 4) is 95.2 Å². The maximum absolute atomic E-state index is 12.3. The minimum atomic E-state index is -0.497. The number of nitrogens with one attached hydrogen (secondary N) is 2. The number of hydrogen-bond acceptors (Lipinski definition) is 23. The number of methoxy groups -OCH3 is 6. The van der Waals surface area contributed by atoms with Crippen molar-refractivity contribution in [2.45, 2.75) is 98.3 Å². The number of imidazole rings is 3. The number of aromatic nitrogens is 6. The Morgan fingerprint density at radius 2 is 0.799 bits per heavy atom. The van der Waals surface area contributed by atoms with E-state index in [0.29, 0.717) is 81.7 Å². The Labute approximate surface area is 932 Å². The zero-order valence-corrected chi connectivity index (χ0v) is 110. The molecule has 134 heavy (non-hydrogen) atoms. The van der Waals surface area contributed by atoms with Gasteiger partial charge in [-0.05, 0) is 249 Å². The minimum absolute atomic E-state index is 0. The summed E-state index contributed by atoms with van der Waals surface area (Å²) in [7, 11) is 49.0. The number of halogens is 2. The van der Waals surface area contributed by atoms with Gasteiger partial charge in [-0.25, -0.2) is 38.9 Å². The third-order valence-corrected chi connectivity index (χ3v) is 143. The van der Waals surface area contributed by atoms with Gasteiger partial charge in [-0.2, -0.15) is 0 Å². The number of hydrogen-bond donors (Lipinski definition) is 2. The second kappa shape index (κ2) is 80.4. The van der Waals surface area contributed by atoms with Gasteiger partial charge >= 0.3 is 133 Å². The van der Waals surface area contributed by atoms with E-state index in [1.807, 2.05) is 70.4 Å². The Balaban J connectivity index is -0.00000153. The molecule has 0 radical (unpaired) electrons. The van der Waals surface area contributed by atoms with Crippen LogP contribution in [0.4, 0.5) is 9.59 Å². The van der Waals surface area contributed by atoms with E-state index >= 15 is 0 Å². The molecule has 16 unspecified atom stereocenters. The van der Waals surface area contributed by atoms with Crippen molar-refractivity contribution in [2.24, 2.45) is 0 Å². The summed E-state index contributed by atoms with van der Waals surface area (Å²) in [6.07, 6.45) is 4.41. The van der Waals surface area contributed by atoms with Crippen molar-refractivity contribution in [1.82, 2.24) is 58.9 Å². The molecule has 3 aliphatic rings. The van der Waals surface area contributed by atoms with Crippen molar-refractivity contribution in [1.29, 1.82) is 0 Å². The van der Waals surface area contributed by atoms with Crippen LogP contribution in [0.5, 0.6) is 0 Å². The van der Waals surface area contributed by atoms with Crippen molar-refractivity contribution in [3.05, 3.63) is 88.8 Å². The van der Waals surface area contributed by atoms with Crippen LogP contribution in [0.2, 0.25) is 0 Å². The molecule has 28 nitrogen and oxygen atoms in total. The second-order valence-corrected chi connectivity index (χ2v) is 112. The summed E-state index contributed by atoms with van der Waals surface area (Å²) in [5.41, 5.74) is 5.84. The predicted octanol–water partition coefficient (Wildman–Crippen LogP) is 12.7. The van der Waals surface area contributed by atoms with Gasteiger partial charge in [-0.1, -0.05) is 13.9 Å². The van der Waals surface area contributed by atoms with Gasteiger partial charge in [0.1, 0.15) is 28.7 Å². The van der Waals surface area contributed by atoms with Crippen LogP contribution < -0.4 is 119 Å². The quantitative estimate of drug-likeness (QED) is 0.00587. The molecule has 3 aromatic heterocycles. The molecule has 2 N–H and O–H groups in total. The summed E-state index contributed by atoms with van der Waals surface area (Å²) in [4.78, 5) is 92.5. The van der Waals surface area contributed by atoms with E-state index < -0.39 is 5.60 Å². The van der Waals surface area contributed by atoms with Gasteiger partial charge in [-0.3, -0.25) is 14.6 Å². The number of terminal acetylenes is 1. The molecule has 726 valence electrons. The average Bonchev–Trinajstić information content (AvgIpc) is 1.66. The molecule has 6 heterocycles. The fourth-order valence-corrected chi connectivity index (χ4v) is 209. The molecule has 0 saturated carbocycles. The normalized spacial score (nSPS) is 13.0. The molecule has 55 heteroatoms. The first-order chi connectivity index (χ1) is 62.3. The number of alkyl halides is 1. The number of rotatable bonds is 26. The van der Waals surface area contributed by atoms with E-state index in [9.17, 15) is 24.0 Å². The molecule has 3 saturated heterocycles. The maximum atomic E-state index is 12.3. The van der Waals surface area contributed by atoms with Gasteiger partial charge in [-0.15, -0.1) is 147 Å². The predicted molar refractivity (Wildman–Crippen MR) is 612 cm³/mol. The molecule has 3 fully saturated rings. The number of carbonyl (C=O) groups excluding carboxylic acids is 6. The SMILES string of the molecule is C#CC#CC#CC#CC#CC#CC#CC#CC.CC(C)(C)OC(=O)N1CCNCC1.COCCn1c(CCl)nc2ccc(C(=O)OC)cc21.COCCn1c(CN2CCN(C(=O)OC(C)(C)C)CC2)nc2ccc(C(=O)OC)cc21.COCCn1c(CN2CCNCC2)nc2ccc(C(=O)OC)cc21.Cl.O=CO[O-].PP(P)P(P)P(P(P)P)P(P)P.PPP(P)P(P(P)P)P(P)P.[H-].[K+].[K+]. The van der Waals surface area contributed by atoms with Crippen LogP contribution >= 0.6 is 211 Å². The van der Waals surface area contributed by atoms with Gasteiger partial charge in [0.05, 0.1) is 110 Å². The number of amides is 2. The smallest absolute Gasteiger partial charge is 1.00 e. The number of ether oxygens (including phenoxy) is 8. The molecule has 0 bridgehead atoms. The van der Waals surface area contributed by atoms with Crippen molar-refractivity contribution < 1.29 is 181 Å². The topological polar surface area (TPSA) is 299 Å². The zero-order valence-electron chi connectivity index (χ0n) is 79.0. The van der Waals surface area contributed by atoms with Crippen LogP contribution in [0, 0.1) is 95.2 Å². The van der Waals surface area contributed by atoms with E-state index in [-0.39, 0.29) is 222 Å². The monoisotopic (exact) mass is 2360 g/mol. The molecule has 3 aliphatic heterocycles. The molecule has 9 rings (SSSR count). The molecule has 16 atom stereocenters. The van der Waals surface area contributed by atoms with E-state index in [1.54, 1.807) is 68.4 Å². The van der Waals surface area contributed by atoms with Crippen LogP contribution in [-0.4, -0.2) is 237 Å². The van der Waals surface area contributed by atoms with E-state index in [4.69, 9.17) is 75.9 Å². The van der Waals surface area contributed by atoms with Gasteiger partial charge in [0.15, 0.2) is 0 Å². The van der Waals surface area contributed by atoms with Crippen LogP contribution in [0.3, 0.4) is 0 Å². The van der Waals surface area contributed by atoms with Gasteiger partial charge in [0.2, 0.25) is 0 Å². The van der Waals surface area contributed by atoms with E-state index in [0.717, 1.165) is 131 Å². The second-order valence-electron chi connectivity index (χ2n) is 28.2. The first kappa shape index (κ1) is 138. The number of carbonyl (C=O) groups is 6. The minimum Gasteiger partial charge on any atom is -1.00 e. The summed E-state index contributed by atoms with van der Waals surface area (Å²) in [5, 5.41) is 15.0. The Morgan fingerprint density at radius 3 is 1.07 bits per heavy atom. The van der Waals surface area contributed by atoms with Crippen molar-refractivity contribution in [3.63, 3.8) is 0 Å². The first-order valence-electron chi connectivity index (χ1n) is 39.2. The summed E-state index contributed by atoms with van der Waals surface area (Å²) < 4.78 is 46.9. The van der Waals surface area contributed by atoms with Crippen molar-refractivity contribution in [2.75, 3.05) is 141 Å². The summed E-state index contributed by atoms with van der Waals surface area (Å²) in [6, 6.07) is 16.1. The Morgan fingerprint density at radius 1 is 0.493 bits per heavy atom. The first-order valence-corrected chi connectivity index (χ1v) is 79.8. The third kappa shape index (κ3) is 56.1. The molecule has 2 amide bonds. The summed E-state index contributed by atoms with van der Waals surface area (Å²) >= 11 is 5.90. The molecular formula is C79H123Cl2K2N12O16P23. The van der Waals surface area contributed by atoms with Crippen LogP contribution in [0.15, 0.2) is 54.6 Å². The Bertz CT molecular complexity index is 5110. The largest absolute Gasteiger partial charge is 1.00 e. The van der Waals surface area contributed by atoms with Crippen molar-refractivity contribution >= 4 is 281 Å². The number of esters is 3. The number of fused-ring (bicyclic) bond motifs is 3. The third-order valence-electron chi connectivity index (χ3n) is 16.7. The summed E-state index contributed by atoms with van der Waals surface area (Å²) in [6.45, 7) is 29.3. The average molecular weight is 2360 g/mol. The fraction of sp³-hybridized carbons (Fsp3) is 0.456. The number of benzene rings is 3. The van der Waals surface area contributed by atoms with Crippen LogP contribution in [-0.2, 0) is 86.2 Å². The fourth-order valence-electron chi connectivity index (χ4n) is 11.0. The van der Waals surface area contributed by atoms with Gasteiger partial charge in [0.25, 0.3) is 6.47 Å². The van der Waals surface area contributed by atoms with Gasteiger partial charge in [0, 0.05) is 120 Å². The molecule has 3 aromatic carbocycles. The molecule has 0 aliphatic carbocycles. The summed E-state index contributed by atoms with van der Waals surface area (Å²) in [5.74, 6) is 38.8. The van der Waals surface area contributed by atoms with E-state index in [2.05, 4.69) is 244 Å². The Hall–Kier alpha value is 2.39. The Kier molecular flexibility index (Phi) is 83.1. The van der Waals surface area contributed by atoms with Gasteiger partial charge < -0.3 is 83.6 Å². The van der Waals surface area contributed by atoms with Crippen LogP contribution in [0.1, 0.15) is 98.4 Å². The number of nitrogens with zero attached hydrogens (tertiary/aromatic N) is 10. The molecule has 6 aromatic rings. The number of piperazine rings is 3.